The van der Waals surface area contributed by atoms with Gasteiger partial charge in [-0.25, -0.2) is 47.1 Å². The molecule has 6 atom stereocenters. The summed E-state index contributed by atoms with van der Waals surface area (Å²) in [4.78, 5) is 38.0. The highest BCUT2D eigenvalue weighted by molar-refractivity contribution is 7.92. The molecule has 4 aliphatic heterocycles. The Balaban J connectivity index is 0.000000176. The van der Waals surface area contributed by atoms with Crippen molar-refractivity contribution in [3.8, 4) is 0 Å². The van der Waals surface area contributed by atoms with Crippen molar-refractivity contribution >= 4 is 83.6 Å². The third-order valence-electron chi connectivity index (χ3n) is 28.4. The smallest absolute Gasteiger partial charge is 0.193 e. The summed E-state index contributed by atoms with van der Waals surface area (Å²) in [5, 5.41) is -1.74. The minimum absolute atomic E-state index is 0.0316. The molecule has 798 valence electrons. The number of Topliss-reactive ketones (excluding diaryl/α,β-unsaturated/α-hetero) is 1. The standard InChI is InChI=1S/2C26H37NO3S.C25H26O3S.C23H32N2O3S.C23H29NO3S/c1-18(2)31(28,29)17-24-10-7-23(8-11-24)9-12-25-13-19(3)26(20(4)14-25)27-15-21(5)30-22(6)16-27;1-18(2)31(28,29)17-24-9-7-23(8-10-24)11-12-25-13-14-26(22(6)21(25)5)27-15-19(3)30-20(4)16-27;1-19(2)29(27,28)18-22-12-10-20(11-13-22)8-9-21-14-16-24(17-15-21)25(26)23-6-4-3-5-7-23;1-17(2)29(26,27)16-22-9-6-20(7-10-22)5-8-21-11-12-23(24-13-21)25-14-18(3)28-19(4)15-25;1-18(2)28(26,27)17-21-7-5-19(6-8-21)3-4-20-9-11-22(12-10-20)24-15-13-23(25)14-16-24/h7-8,10-11,13-14,18,21-22H,9,12,15-17H2,1-6H3;7-10,13-14,18-20H,11-12,15-17H2,1-6H3;3-7,10-17,19H,8-9,18H2,1-2H3;6-7,9-13,17-19H,5,8,14-16H2,1-4H3;5-12,18H,3-4,13-17H2,1-2H3/t21-,22+;19-,20+;;18-,19+;. The van der Waals surface area contributed by atoms with Crippen LogP contribution in [-0.2, 0) is 161 Å². The molecule has 5 heterocycles. The van der Waals surface area contributed by atoms with Crippen LogP contribution in [0.5, 0.6) is 0 Å². The number of hydrogen-bond acceptors (Lipinski definition) is 20. The molecule has 4 aliphatic rings. The first kappa shape index (κ1) is 118. The van der Waals surface area contributed by atoms with E-state index >= 15 is 0 Å². The van der Waals surface area contributed by atoms with Gasteiger partial charge in [0, 0.05) is 99.6 Å². The Labute approximate surface area is 886 Å². The van der Waals surface area contributed by atoms with E-state index < -0.39 is 49.2 Å². The van der Waals surface area contributed by atoms with Gasteiger partial charge in [0.15, 0.2) is 55.0 Å². The summed E-state index contributed by atoms with van der Waals surface area (Å²) in [6.45, 7) is 46.0. The second-order valence-electron chi connectivity index (χ2n) is 42.5. The van der Waals surface area contributed by atoms with Crippen LogP contribution >= 0.6 is 0 Å². The molecule has 0 saturated carbocycles. The van der Waals surface area contributed by atoms with E-state index in [4.69, 9.17) is 14.2 Å². The highest BCUT2D eigenvalue weighted by Crippen LogP contribution is 2.34. The van der Waals surface area contributed by atoms with Gasteiger partial charge in [-0.1, -0.05) is 212 Å². The largest absolute Gasteiger partial charge is 0.372 e. The maximum absolute atomic E-state index is 12.5. The second-order valence-corrected chi connectivity index (χ2v) is 55.3. The van der Waals surface area contributed by atoms with Crippen molar-refractivity contribution < 1.29 is 65.9 Å². The van der Waals surface area contributed by atoms with Crippen LogP contribution in [0.3, 0.4) is 0 Å². The monoisotopic (exact) mass is 2110 g/mol. The molecule has 25 heteroatoms. The minimum atomic E-state index is -3.08. The van der Waals surface area contributed by atoms with Gasteiger partial charge in [0.1, 0.15) is 11.6 Å². The molecule has 0 unspecified atom stereocenters. The number of carbonyl (C=O) groups is 2. The van der Waals surface area contributed by atoms with E-state index in [1.807, 2.05) is 158 Å². The maximum Gasteiger partial charge on any atom is 0.193 e. The van der Waals surface area contributed by atoms with E-state index in [2.05, 4.69) is 179 Å². The first-order valence-corrected chi connectivity index (χ1v) is 61.5. The fourth-order valence-electron chi connectivity index (χ4n) is 18.9. The summed E-state index contributed by atoms with van der Waals surface area (Å²) in [7, 11) is -15.3. The van der Waals surface area contributed by atoms with Gasteiger partial charge in [-0.2, -0.15) is 0 Å². The zero-order valence-electron chi connectivity index (χ0n) is 91.0. The summed E-state index contributed by atoms with van der Waals surface area (Å²) in [6, 6.07) is 78.8. The SMILES string of the molecule is CC(C)S(=O)(=O)Cc1ccc(CCc2ccc(C(=O)c3ccccc3)cc2)cc1.CC(C)S(=O)(=O)Cc1ccc(CCc2ccc(N3CCC(=O)CC3)cc2)cc1.CC(C)S(=O)(=O)Cc1ccc(CCc2ccc(N3C[C@@H](C)O[C@@H](C)C3)nc2)cc1.Cc1c(CCc2ccc(CS(=O)(=O)C(C)C)cc2)ccc(N2C[C@@H](C)O[C@@H](C)C2)c1C.Cc1cc(CCc2ccc(CS(=O)(=O)C(C)C)cc2)cc(C)c1N1C[C@@H](C)O[C@@H](C)C1. The summed E-state index contributed by atoms with van der Waals surface area (Å²) >= 11 is 0. The van der Waals surface area contributed by atoms with E-state index in [0.717, 1.165) is 150 Å². The molecule has 15 rings (SSSR count). The first-order chi connectivity index (χ1) is 70.0. The Morgan fingerprint density at radius 3 is 0.905 bits per heavy atom. The molecule has 11 aromatic rings. The van der Waals surface area contributed by atoms with Crippen LogP contribution in [0.4, 0.5) is 22.9 Å². The Kier molecular flexibility index (Phi) is 43.4. The minimum Gasteiger partial charge on any atom is -0.372 e. The zero-order chi connectivity index (χ0) is 108. The van der Waals surface area contributed by atoms with Crippen LogP contribution in [-0.4, -0.2) is 174 Å². The molecule has 10 aromatic carbocycles. The molecule has 0 radical (unpaired) electrons. The lowest BCUT2D eigenvalue weighted by atomic mass is 9.95. The Bertz CT molecular complexity index is 6670. The number of hydrogen-bond donors (Lipinski definition) is 0. The van der Waals surface area contributed by atoms with Crippen LogP contribution in [0, 0.1) is 27.7 Å². The second kappa shape index (κ2) is 54.5. The van der Waals surface area contributed by atoms with Gasteiger partial charge < -0.3 is 33.8 Å². The van der Waals surface area contributed by atoms with Crippen molar-refractivity contribution in [1.29, 1.82) is 0 Å². The van der Waals surface area contributed by atoms with Gasteiger partial charge in [0.25, 0.3) is 0 Å². The summed E-state index contributed by atoms with van der Waals surface area (Å²) in [5.74, 6) is 1.93. The molecular formula is C123H161N5O15S5. The molecule has 20 nitrogen and oxygen atoms in total. The van der Waals surface area contributed by atoms with Gasteiger partial charge in [0.2, 0.25) is 0 Å². The van der Waals surface area contributed by atoms with E-state index in [-0.39, 0.29) is 97.4 Å². The van der Waals surface area contributed by atoms with E-state index in [1.165, 1.54) is 95.0 Å². The summed E-state index contributed by atoms with van der Waals surface area (Å²) in [6.07, 6.45) is 14.0. The van der Waals surface area contributed by atoms with Crippen molar-refractivity contribution in [2.45, 2.75) is 307 Å². The van der Waals surface area contributed by atoms with Crippen molar-refractivity contribution in [1.82, 2.24) is 4.98 Å². The maximum atomic E-state index is 12.5. The van der Waals surface area contributed by atoms with Gasteiger partial charge >= 0.3 is 0 Å². The Morgan fingerprint density at radius 2 is 0.581 bits per heavy atom. The zero-order valence-corrected chi connectivity index (χ0v) is 95.1. The fraction of sp³-hybridized carbons (Fsp3) is 0.455. The average molecular weight is 2110 g/mol. The van der Waals surface area contributed by atoms with Crippen molar-refractivity contribution in [3.63, 3.8) is 0 Å². The number of pyridine rings is 1. The number of carbonyl (C=O) groups excluding carboxylic acids is 2. The number of ketones is 2. The number of benzene rings is 10. The topological polar surface area (TPSA) is 258 Å². The predicted molar refractivity (Wildman–Crippen MR) is 610 cm³/mol. The molecule has 0 N–H and O–H groups in total. The number of anilines is 4. The van der Waals surface area contributed by atoms with Crippen LogP contribution < -0.4 is 19.6 Å². The fourth-order valence-corrected chi connectivity index (χ4v) is 23.9. The number of nitrogens with zero attached hydrogens (tertiary/aromatic N) is 5. The average Bonchev–Trinajstić information content (AvgIpc) is 0.800. The normalized spacial score (nSPS) is 17.4. The van der Waals surface area contributed by atoms with E-state index in [0.29, 0.717) is 29.8 Å². The number of sulfone groups is 5. The van der Waals surface area contributed by atoms with Crippen molar-refractivity contribution in [2.24, 2.45) is 0 Å². The summed E-state index contributed by atoms with van der Waals surface area (Å²) in [5.41, 5.74) is 27.3. The van der Waals surface area contributed by atoms with Gasteiger partial charge in [-0.05, 0) is 333 Å². The number of rotatable bonds is 36. The van der Waals surface area contributed by atoms with Gasteiger partial charge in [-0.3, -0.25) is 9.59 Å². The lowest BCUT2D eigenvalue weighted by Crippen LogP contribution is -2.46. The molecular weight excluding hydrogens is 1950 g/mol. The third-order valence-corrected chi connectivity index (χ3v) is 39.2. The quantitative estimate of drug-likeness (QED) is 0.0331. The molecule has 0 spiro atoms. The van der Waals surface area contributed by atoms with Crippen LogP contribution in [0.15, 0.2) is 243 Å². The van der Waals surface area contributed by atoms with Gasteiger partial charge in [-0.15, -0.1) is 0 Å². The third kappa shape index (κ3) is 36.1. The highest BCUT2D eigenvalue weighted by atomic mass is 32.2. The Morgan fingerprint density at radius 1 is 0.304 bits per heavy atom. The van der Waals surface area contributed by atoms with Crippen LogP contribution in [0.1, 0.15) is 245 Å². The van der Waals surface area contributed by atoms with Crippen molar-refractivity contribution in [2.75, 3.05) is 72.0 Å². The Hall–Kier alpha value is -10.5. The lowest BCUT2D eigenvalue weighted by molar-refractivity contribution is -0.119. The number of ether oxygens (including phenoxy) is 3. The molecule has 148 heavy (non-hydrogen) atoms. The number of aryl methyl sites for hydroxylation is 12. The molecule has 4 saturated heterocycles. The number of morpholine rings is 3. The lowest BCUT2D eigenvalue weighted by Gasteiger charge is -2.38. The van der Waals surface area contributed by atoms with Crippen molar-refractivity contribution in [3.05, 3.63) is 360 Å². The van der Waals surface area contributed by atoms with Gasteiger partial charge in [0.05, 0.1) is 91.6 Å². The number of piperidine rings is 1. The molecule has 1 aromatic heterocycles. The van der Waals surface area contributed by atoms with E-state index in [9.17, 15) is 51.7 Å². The molecule has 0 bridgehead atoms. The first-order valence-electron chi connectivity index (χ1n) is 52.9. The van der Waals surface area contributed by atoms with Crippen LogP contribution in [0.2, 0.25) is 0 Å². The van der Waals surface area contributed by atoms with E-state index in [1.54, 1.807) is 69.2 Å². The molecule has 0 aliphatic carbocycles. The summed E-state index contributed by atoms with van der Waals surface area (Å²) < 4.78 is 138. The number of aromatic nitrogens is 1. The van der Waals surface area contributed by atoms with Crippen LogP contribution in [0.25, 0.3) is 0 Å². The predicted octanol–water partition coefficient (Wildman–Crippen LogP) is 22.8. The highest BCUT2D eigenvalue weighted by Gasteiger charge is 2.30. The molecule has 4 fully saturated rings. The molecule has 0 amide bonds.